The molecule has 0 fully saturated rings. The normalized spacial score (nSPS) is 13.8. The molecule has 0 radical (unpaired) electrons. The van der Waals surface area contributed by atoms with Gasteiger partial charge in [0.05, 0.1) is 6.20 Å². The van der Waals surface area contributed by atoms with E-state index in [0.717, 1.165) is 30.6 Å². The number of hydrogen-bond donors (Lipinski definition) is 2. The molecule has 20 heavy (non-hydrogen) atoms. The van der Waals surface area contributed by atoms with E-state index in [1.165, 1.54) is 11.1 Å². The molecule has 2 aromatic rings. The van der Waals surface area contributed by atoms with Gasteiger partial charge < -0.3 is 10.6 Å². The molecule has 0 bridgehead atoms. The van der Waals surface area contributed by atoms with Gasteiger partial charge in [-0.2, -0.15) is 5.10 Å². The van der Waals surface area contributed by atoms with Gasteiger partial charge in [0.25, 0.3) is 5.91 Å². The summed E-state index contributed by atoms with van der Waals surface area (Å²) in [7, 11) is 1.86. The highest BCUT2D eigenvalue weighted by Crippen LogP contribution is 2.15. The lowest BCUT2D eigenvalue weighted by molar-refractivity contribution is 0.0951. The SMILES string of the molecule is Cn1cc(CNC(=O)c2ccc3c(c2)CNCC3)cn1. The zero-order valence-corrected chi connectivity index (χ0v) is 11.5. The first-order valence-corrected chi connectivity index (χ1v) is 6.80. The highest BCUT2D eigenvalue weighted by molar-refractivity contribution is 5.94. The molecule has 1 aliphatic rings. The first-order chi connectivity index (χ1) is 9.72. The number of carbonyl (C=O) groups is 1. The molecule has 0 aliphatic carbocycles. The fraction of sp³-hybridized carbons (Fsp3) is 0.333. The molecular weight excluding hydrogens is 252 g/mol. The van der Waals surface area contributed by atoms with Crippen LogP contribution in [0.3, 0.4) is 0 Å². The summed E-state index contributed by atoms with van der Waals surface area (Å²) in [6.07, 6.45) is 4.70. The summed E-state index contributed by atoms with van der Waals surface area (Å²) in [5, 5.41) is 10.3. The standard InChI is InChI=1S/C15H18N4O/c1-19-10-11(8-18-19)7-17-15(20)13-3-2-12-4-5-16-9-14(12)6-13/h2-3,6,8,10,16H,4-5,7,9H2,1H3,(H,17,20). The highest BCUT2D eigenvalue weighted by Gasteiger charge is 2.12. The van der Waals surface area contributed by atoms with Crippen molar-refractivity contribution in [1.82, 2.24) is 20.4 Å². The predicted molar refractivity (Wildman–Crippen MR) is 76.2 cm³/mol. The second kappa shape index (κ2) is 5.46. The van der Waals surface area contributed by atoms with Crippen molar-refractivity contribution in [1.29, 1.82) is 0 Å². The van der Waals surface area contributed by atoms with Crippen molar-refractivity contribution in [3.05, 3.63) is 52.8 Å². The minimum Gasteiger partial charge on any atom is -0.348 e. The first kappa shape index (κ1) is 12.9. The van der Waals surface area contributed by atoms with Crippen LogP contribution in [0.25, 0.3) is 0 Å². The van der Waals surface area contributed by atoms with Crippen LogP contribution in [0.2, 0.25) is 0 Å². The number of amides is 1. The Kier molecular flexibility index (Phi) is 3.52. The Morgan fingerprint density at radius 2 is 2.35 bits per heavy atom. The van der Waals surface area contributed by atoms with Crippen LogP contribution >= 0.6 is 0 Å². The number of hydrogen-bond acceptors (Lipinski definition) is 3. The van der Waals surface area contributed by atoms with Gasteiger partial charge in [-0.15, -0.1) is 0 Å². The fourth-order valence-electron chi connectivity index (χ4n) is 2.47. The van der Waals surface area contributed by atoms with Crippen molar-refractivity contribution in [3.8, 4) is 0 Å². The zero-order valence-electron chi connectivity index (χ0n) is 11.5. The minimum absolute atomic E-state index is 0.0396. The van der Waals surface area contributed by atoms with Crippen LogP contribution in [0.5, 0.6) is 0 Å². The number of aromatic nitrogens is 2. The molecule has 1 aromatic heterocycles. The second-order valence-corrected chi connectivity index (χ2v) is 5.12. The molecule has 1 aromatic carbocycles. The van der Waals surface area contributed by atoms with E-state index in [2.05, 4.69) is 21.8 Å². The zero-order chi connectivity index (χ0) is 13.9. The average Bonchev–Trinajstić information content (AvgIpc) is 2.90. The summed E-state index contributed by atoms with van der Waals surface area (Å²) < 4.78 is 1.73. The molecule has 104 valence electrons. The topological polar surface area (TPSA) is 59.0 Å². The van der Waals surface area contributed by atoms with Crippen LogP contribution in [-0.2, 0) is 26.6 Å². The largest absolute Gasteiger partial charge is 0.348 e. The molecule has 0 atom stereocenters. The van der Waals surface area contributed by atoms with E-state index in [9.17, 15) is 4.79 Å². The third kappa shape index (κ3) is 2.72. The molecule has 5 nitrogen and oxygen atoms in total. The smallest absolute Gasteiger partial charge is 0.251 e. The fourth-order valence-corrected chi connectivity index (χ4v) is 2.47. The minimum atomic E-state index is -0.0396. The van der Waals surface area contributed by atoms with Gasteiger partial charge in [0.2, 0.25) is 0 Å². The van der Waals surface area contributed by atoms with Crippen LogP contribution in [0.1, 0.15) is 27.0 Å². The lowest BCUT2D eigenvalue weighted by Gasteiger charge is -2.17. The quantitative estimate of drug-likeness (QED) is 0.874. The maximum absolute atomic E-state index is 12.2. The second-order valence-electron chi connectivity index (χ2n) is 5.12. The molecule has 1 aliphatic heterocycles. The van der Waals surface area contributed by atoms with Gasteiger partial charge in [-0.1, -0.05) is 6.07 Å². The van der Waals surface area contributed by atoms with E-state index in [1.807, 2.05) is 25.4 Å². The Bertz CT molecular complexity index is 633. The van der Waals surface area contributed by atoms with Gasteiger partial charge in [0.15, 0.2) is 0 Å². The molecule has 1 amide bonds. The molecule has 0 saturated heterocycles. The van der Waals surface area contributed by atoms with E-state index < -0.39 is 0 Å². The summed E-state index contributed by atoms with van der Waals surface area (Å²) in [4.78, 5) is 12.2. The van der Waals surface area contributed by atoms with E-state index >= 15 is 0 Å². The Morgan fingerprint density at radius 1 is 1.45 bits per heavy atom. The first-order valence-electron chi connectivity index (χ1n) is 6.80. The highest BCUT2D eigenvalue weighted by atomic mass is 16.1. The number of aryl methyl sites for hydroxylation is 1. The Labute approximate surface area is 118 Å². The monoisotopic (exact) mass is 270 g/mol. The molecule has 3 rings (SSSR count). The number of fused-ring (bicyclic) bond motifs is 1. The van der Waals surface area contributed by atoms with Crippen molar-refractivity contribution >= 4 is 5.91 Å². The number of carbonyl (C=O) groups excluding carboxylic acids is 1. The van der Waals surface area contributed by atoms with Crippen molar-refractivity contribution < 1.29 is 4.79 Å². The summed E-state index contributed by atoms with van der Waals surface area (Å²) in [6, 6.07) is 5.96. The number of benzene rings is 1. The maximum Gasteiger partial charge on any atom is 0.251 e. The third-order valence-corrected chi connectivity index (χ3v) is 3.57. The van der Waals surface area contributed by atoms with Gasteiger partial charge in [-0.3, -0.25) is 9.48 Å². The van der Waals surface area contributed by atoms with Gasteiger partial charge in [0.1, 0.15) is 0 Å². The van der Waals surface area contributed by atoms with E-state index in [-0.39, 0.29) is 5.91 Å². The van der Waals surface area contributed by atoms with Crippen LogP contribution in [0, 0.1) is 0 Å². The molecule has 5 heteroatoms. The molecule has 0 unspecified atom stereocenters. The number of nitrogens with one attached hydrogen (secondary N) is 2. The Morgan fingerprint density at radius 3 is 3.15 bits per heavy atom. The van der Waals surface area contributed by atoms with Gasteiger partial charge in [-0.25, -0.2) is 0 Å². The predicted octanol–water partition coefficient (Wildman–Crippen LogP) is 0.996. The van der Waals surface area contributed by atoms with Crippen LogP contribution in [0.15, 0.2) is 30.6 Å². The molecular formula is C15H18N4O. The summed E-state index contributed by atoms with van der Waals surface area (Å²) >= 11 is 0. The average molecular weight is 270 g/mol. The van der Waals surface area contributed by atoms with Crippen LogP contribution in [-0.4, -0.2) is 22.2 Å². The van der Waals surface area contributed by atoms with Crippen molar-refractivity contribution in [2.45, 2.75) is 19.5 Å². The van der Waals surface area contributed by atoms with Crippen molar-refractivity contribution in [2.75, 3.05) is 6.54 Å². The van der Waals surface area contributed by atoms with Gasteiger partial charge in [0, 0.05) is 37.5 Å². The van der Waals surface area contributed by atoms with E-state index in [0.29, 0.717) is 6.54 Å². The Hall–Kier alpha value is -2.14. The summed E-state index contributed by atoms with van der Waals surface area (Å²) in [5.74, 6) is -0.0396. The van der Waals surface area contributed by atoms with Crippen LogP contribution < -0.4 is 10.6 Å². The van der Waals surface area contributed by atoms with Crippen molar-refractivity contribution in [2.24, 2.45) is 7.05 Å². The molecule has 2 heterocycles. The van der Waals surface area contributed by atoms with Gasteiger partial charge >= 0.3 is 0 Å². The van der Waals surface area contributed by atoms with E-state index in [4.69, 9.17) is 0 Å². The summed E-state index contributed by atoms with van der Waals surface area (Å²) in [6.45, 7) is 2.36. The summed E-state index contributed by atoms with van der Waals surface area (Å²) in [5.41, 5.74) is 4.29. The Balaban J connectivity index is 1.67. The lowest BCUT2D eigenvalue weighted by Crippen LogP contribution is -2.26. The molecule has 2 N–H and O–H groups in total. The molecule has 0 spiro atoms. The van der Waals surface area contributed by atoms with Gasteiger partial charge in [-0.05, 0) is 36.2 Å². The van der Waals surface area contributed by atoms with Crippen LogP contribution in [0.4, 0.5) is 0 Å². The third-order valence-electron chi connectivity index (χ3n) is 3.57. The lowest BCUT2D eigenvalue weighted by atomic mass is 9.98. The number of rotatable bonds is 3. The number of nitrogens with zero attached hydrogens (tertiary/aromatic N) is 2. The van der Waals surface area contributed by atoms with E-state index in [1.54, 1.807) is 10.9 Å². The maximum atomic E-state index is 12.2. The van der Waals surface area contributed by atoms with Crippen molar-refractivity contribution in [3.63, 3.8) is 0 Å². The molecule has 0 saturated carbocycles.